The number of hydrogen-bond donors (Lipinski definition) is 1. The number of hydrogen-bond acceptors (Lipinski definition) is 4. The molecule has 2 atom stereocenters. The van der Waals surface area contributed by atoms with Crippen LogP contribution in [0, 0.1) is 6.92 Å². The molecule has 2 heterocycles. The van der Waals surface area contributed by atoms with E-state index in [0.29, 0.717) is 12.6 Å². The molecule has 1 aromatic rings. The normalized spacial score (nSPS) is 24.0. The van der Waals surface area contributed by atoms with Gasteiger partial charge in [0.05, 0.1) is 12.1 Å². The number of aryl methyl sites for hydroxylation is 1. The third kappa shape index (κ3) is 2.42. The summed E-state index contributed by atoms with van der Waals surface area (Å²) >= 11 is 0. The number of nitrogens with zero attached hydrogens (tertiary/aromatic N) is 2. The van der Waals surface area contributed by atoms with Crippen LogP contribution >= 0.6 is 0 Å². The van der Waals surface area contributed by atoms with Gasteiger partial charge in [0.25, 0.3) is 0 Å². The van der Waals surface area contributed by atoms with Crippen LogP contribution in [0.25, 0.3) is 0 Å². The lowest BCUT2D eigenvalue weighted by Gasteiger charge is -2.29. The Bertz CT molecular complexity index is 394. The number of aromatic nitrogens is 1. The van der Waals surface area contributed by atoms with Crippen LogP contribution in [0.3, 0.4) is 0 Å². The quantitative estimate of drug-likeness (QED) is 0.862. The van der Waals surface area contributed by atoms with Gasteiger partial charge in [-0.25, -0.2) is 4.98 Å². The van der Waals surface area contributed by atoms with Crippen LogP contribution in [0.2, 0.25) is 0 Å². The Morgan fingerprint density at radius 3 is 2.88 bits per heavy atom. The van der Waals surface area contributed by atoms with E-state index in [4.69, 9.17) is 10.5 Å². The summed E-state index contributed by atoms with van der Waals surface area (Å²) in [7, 11) is 2.09. The molecule has 1 aromatic heterocycles. The molecule has 2 rings (SSSR count). The average molecular weight is 235 g/mol. The molecule has 0 saturated carbocycles. The lowest BCUT2D eigenvalue weighted by Crippen LogP contribution is -2.37. The van der Waals surface area contributed by atoms with Gasteiger partial charge in [0.2, 0.25) is 0 Å². The lowest BCUT2D eigenvalue weighted by atomic mass is 10.1. The van der Waals surface area contributed by atoms with Crippen molar-refractivity contribution in [1.82, 2.24) is 4.98 Å². The van der Waals surface area contributed by atoms with E-state index in [1.807, 2.05) is 6.20 Å². The van der Waals surface area contributed by atoms with Gasteiger partial charge in [-0.1, -0.05) is 0 Å². The Kier molecular flexibility index (Phi) is 3.64. The second kappa shape index (κ2) is 5.02. The maximum Gasteiger partial charge on any atom is 0.131 e. The fraction of sp³-hybridized carbons (Fsp3) is 0.615. The maximum atomic E-state index is 5.62. The monoisotopic (exact) mass is 235 g/mol. The molecular formula is C13H21N3O. The van der Waals surface area contributed by atoms with Gasteiger partial charge in [-0.2, -0.15) is 0 Å². The highest BCUT2D eigenvalue weighted by molar-refractivity contribution is 5.48. The molecule has 0 radical (unpaired) electrons. The van der Waals surface area contributed by atoms with E-state index in [2.05, 4.69) is 36.8 Å². The number of likely N-dealkylation sites (N-methyl/N-ethyl adjacent to an activating group) is 1. The first-order valence-corrected chi connectivity index (χ1v) is 6.13. The second-order valence-electron chi connectivity index (χ2n) is 4.73. The third-order valence-corrected chi connectivity index (χ3v) is 3.51. The Labute approximate surface area is 103 Å². The van der Waals surface area contributed by atoms with Gasteiger partial charge in [0.15, 0.2) is 0 Å². The molecule has 2 unspecified atom stereocenters. The summed E-state index contributed by atoms with van der Waals surface area (Å²) < 4.78 is 5.60. The second-order valence-corrected chi connectivity index (χ2v) is 4.73. The highest BCUT2D eigenvalue weighted by atomic mass is 16.5. The van der Waals surface area contributed by atoms with Crippen LogP contribution in [0.4, 0.5) is 5.82 Å². The average Bonchev–Trinajstić information content (AvgIpc) is 2.74. The van der Waals surface area contributed by atoms with Crippen LogP contribution in [0.5, 0.6) is 0 Å². The molecule has 0 aliphatic carbocycles. The maximum absolute atomic E-state index is 5.62. The van der Waals surface area contributed by atoms with Crippen molar-refractivity contribution >= 4 is 5.82 Å². The molecule has 0 spiro atoms. The van der Waals surface area contributed by atoms with Crippen molar-refractivity contribution in [3.8, 4) is 0 Å². The minimum absolute atomic E-state index is 0.274. The lowest BCUT2D eigenvalue weighted by molar-refractivity contribution is 0.118. The molecule has 4 nitrogen and oxygen atoms in total. The van der Waals surface area contributed by atoms with Crippen molar-refractivity contribution in [1.29, 1.82) is 0 Å². The Hall–Kier alpha value is -1.13. The summed E-state index contributed by atoms with van der Waals surface area (Å²) in [6.07, 6.45) is 3.20. The molecule has 94 valence electrons. The van der Waals surface area contributed by atoms with Gasteiger partial charge in [0.1, 0.15) is 5.82 Å². The third-order valence-electron chi connectivity index (χ3n) is 3.51. The Morgan fingerprint density at radius 2 is 2.35 bits per heavy atom. The van der Waals surface area contributed by atoms with Gasteiger partial charge >= 0.3 is 0 Å². The number of pyridine rings is 1. The van der Waals surface area contributed by atoms with E-state index in [-0.39, 0.29) is 6.10 Å². The van der Waals surface area contributed by atoms with Crippen molar-refractivity contribution in [3.63, 3.8) is 0 Å². The molecule has 1 fully saturated rings. The standard InChI is InChI=1S/C13H21N3O/c1-9-6-11(7-14)8-15-13(9)16(3)12-4-5-17-10(12)2/h6,8,10,12H,4-5,7,14H2,1-3H3. The van der Waals surface area contributed by atoms with Crippen molar-refractivity contribution in [2.45, 2.75) is 39.0 Å². The smallest absolute Gasteiger partial charge is 0.131 e. The summed E-state index contributed by atoms with van der Waals surface area (Å²) in [5.74, 6) is 1.03. The zero-order valence-electron chi connectivity index (χ0n) is 10.8. The Morgan fingerprint density at radius 1 is 1.59 bits per heavy atom. The highest BCUT2D eigenvalue weighted by Crippen LogP contribution is 2.25. The number of rotatable bonds is 3. The van der Waals surface area contributed by atoms with E-state index in [1.165, 1.54) is 5.56 Å². The van der Waals surface area contributed by atoms with Gasteiger partial charge in [-0.05, 0) is 37.5 Å². The number of ether oxygens (including phenoxy) is 1. The minimum atomic E-state index is 0.274. The summed E-state index contributed by atoms with van der Waals surface area (Å²) in [4.78, 5) is 6.75. The molecule has 17 heavy (non-hydrogen) atoms. The molecule has 0 bridgehead atoms. The van der Waals surface area contributed by atoms with Crippen molar-refractivity contribution in [3.05, 3.63) is 23.4 Å². The first-order valence-electron chi connectivity index (χ1n) is 6.13. The topological polar surface area (TPSA) is 51.4 Å². The molecule has 0 amide bonds. The minimum Gasteiger partial charge on any atom is -0.376 e. The van der Waals surface area contributed by atoms with Crippen LogP contribution in [0.15, 0.2) is 12.3 Å². The molecule has 1 aliphatic rings. The van der Waals surface area contributed by atoms with Crippen LogP contribution in [-0.2, 0) is 11.3 Å². The van der Waals surface area contributed by atoms with Crippen LogP contribution in [-0.4, -0.2) is 30.8 Å². The van der Waals surface area contributed by atoms with E-state index in [1.54, 1.807) is 0 Å². The molecular weight excluding hydrogens is 214 g/mol. The fourth-order valence-electron chi connectivity index (χ4n) is 2.49. The zero-order valence-corrected chi connectivity index (χ0v) is 10.8. The van der Waals surface area contributed by atoms with Gasteiger partial charge < -0.3 is 15.4 Å². The van der Waals surface area contributed by atoms with E-state index in [0.717, 1.165) is 24.4 Å². The van der Waals surface area contributed by atoms with Crippen molar-refractivity contribution in [2.24, 2.45) is 5.73 Å². The molecule has 2 N–H and O–H groups in total. The first kappa shape index (κ1) is 12.3. The summed E-state index contributed by atoms with van der Waals surface area (Å²) in [5, 5.41) is 0. The molecule has 4 heteroatoms. The Balaban J connectivity index is 2.21. The van der Waals surface area contributed by atoms with E-state index < -0.39 is 0 Å². The highest BCUT2D eigenvalue weighted by Gasteiger charge is 2.29. The van der Waals surface area contributed by atoms with Gasteiger partial charge in [0, 0.05) is 26.4 Å². The van der Waals surface area contributed by atoms with Crippen LogP contribution in [0.1, 0.15) is 24.5 Å². The van der Waals surface area contributed by atoms with Gasteiger partial charge in [-0.15, -0.1) is 0 Å². The molecule has 0 aromatic carbocycles. The molecule has 1 saturated heterocycles. The van der Waals surface area contributed by atoms with Gasteiger partial charge in [-0.3, -0.25) is 0 Å². The van der Waals surface area contributed by atoms with Crippen LogP contribution < -0.4 is 10.6 Å². The summed E-state index contributed by atoms with van der Waals surface area (Å²) in [6.45, 7) is 5.59. The zero-order chi connectivity index (χ0) is 12.4. The molecule has 1 aliphatic heterocycles. The van der Waals surface area contributed by atoms with E-state index in [9.17, 15) is 0 Å². The SMILES string of the molecule is Cc1cc(CN)cnc1N(C)C1CCOC1C. The summed E-state index contributed by atoms with van der Waals surface area (Å²) in [5.41, 5.74) is 7.87. The predicted octanol–water partition coefficient (Wildman–Crippen LogP) is 1.46. The number of nitrogens with two attached hydrogens (primary N) is 1. The van der Waals surface area contributed by atoms with Crippen molar-refractivity contribution < 1.29 is 4.74 Å². The van der Waals surface area contributed by atoms with E-state index >= 15 is 0 Å². The number of anilines is 1. The largest absolute Gasteiger partial charge is 0.376 e. The first-order chi connectivity index (χ1) is 8.13. The summed E-state index contributed by atoms with van der Waals surface area (Å²) in [6, 6.07) is 2.53. The fourth-order valence-corrected chi connectivity index (χ4v) is 2.49. The predicted molar refractivity (Wildman–Crippen MR) is 69.1 cm³/mol. The van der Waals surface area contributed by atoms with Crippen molar-refractivity contribution in [2.75, 3.05) is 18.6 Å².